The van der Waals surface area contributed by atoms with Crippen LogP contribution in [0.5, 0.6) is 0 Å². The first-order valence-electron chi connectivity index (χ1n) is 10.7. The zero-order valence-corrected chi connectivity index (χ0v) is 19.5. The average molecular weight is 431 g/mol. The summed E-state index contributed by atoms with van der Waals surface area (Å²) in [6.45, 7) is 11.5. The van der Waals surface area contributed by atoms with Crippen LogP contribution in [0, 0.1) is 0 Å². The molecule has 0 fully saturated rings. The van der Waals surface area contributed by atoms with Crippen LogP contribution in [0.2, 0.25) is 0 Å². The predicted octanol–water partition coefficient (Wildman–Crippen LogP) is 1.96. The van der Waals surface area contributed by atoms with Gasteiger partial charge < -0.3 is 31.6 Å². The Labute approximate surface area is 181 Å². The number of unbranched alkanes of at least 4 members (excludes halogenated alkanes) is 2. The molecule has 0 saturated heterocycles. The van der Waals surface area contributed by atoms with Gasteiger partial charge in [0.2, 0.25) is 5.91 Å². The molecule has 0 aliphatic carbocycles. The van der Waals surface area contributed by atoms with Crippen LogP contribution in [0.25, 0.3) is 0 Å². The second kappa shape index (κ2) is 13.4. The van der Waals surface area contributed by atoms with E-state index in [0.29, 0.717) is 45.2 Å². The Morgan fingerprint density at radius 1 is 0.733 bits per heavy atom. The SMILES string of the molecule is CC(C)(C)OC(=O)NC(CCCCN)C(=O)NC(CCCCN)C(=O)OC(C)(C)C. The predicted molar refractivity (Wildman–Crippen MR) is 117 cm³/mol. The zero-order chi connectivity index (χ0) is 23.4. The lowest BCUT2D eigenvalue weighted by Crippen LogP contribution is -2.53. The van der Waals surface area contributed by atoms with Gasteiger partial charge in [0.25, 0.3) is 0 Å². The van der Waals surface area contributed by atoms with E-state index in [4.69, 9.17) is 20.9 Å². The first-order chi connectivity index (χ1) is 13.8. The van der Waals surface area contributed by atoms with Crippen molar-refractivity contribution in [1.29, 1.82) is 0 Å². The highest BCUT2D eigenvalue weighted by molar-refractivity contribution is 5.89. The molecule has 0 aromatic rings. The van der Waals surface area contributed by atoms with Gasteiger partial charge in [-0.15, -0.1) is 0 Å². The highest BCUT2D eigenvalue weighted by Crippen LogP contribution is 2.13. The molecule has 0 rings (SSSR count). The highest BCUT2D eigenvalue weighted by atomic mass is 16.6. The molecule has 0 bridgehead atoms. The number of carbonyl (C=O) groups excluding carboxylic acids is 3. The van der Waals surface area contributed by atoms with Crippen molar-refractivity contribution in [2.24, 2.45) is 11.5 Å². The summed E-state index contributed by atoms with van der Waals surface area (Å²) in [6, 6.07) is -1.66. The normalized spacial score (nSPS) is 13.9. The molecule has 0 aromatic carbocycles. The van der Waals surface area contributed by atoms with E-state index >= 15 is 0 Å². The fourth-order valence-electron chi connectivity index (χ4n) is 2.60. The first kappa shape index (κ1) is 28.1. The summed E-state index contributed by atoms with van der Waals surface area (Å²) in [7, 11) is 0. The van der Waals surface area contributed by atoms with Crippen molar-refractivity contribution in [2.45, 2.75) is 103 Å². The van der Waals surface area contributed by atoms with E-state index in [0.717, 1.165) is 6.42 Å². The van der Waals surface area contributed by atoms with E-state index < -0.39 is 41.3 Å². The monoisotopic (exact) mass is 430 g/mol. The third-order valence-electron chi connectivity index (χ3n) is 3.91. The Kier molecular flexibility index (Phi) is 12.6. The summed E-state index contributed by atoms with van der Waals surface area (Å²) >= 11 is 0. The fourth-order valence-corrected chi connectivity index (χ4v) is 2.60. The van der Waals surface area contributed by atoms with Gasteiger partial charge in [0.1, 0.15) is 23.3 Å². The molecule has 0 aliphatic rings. The number of ether oxygens (including phenoxy) is 2. The summed E-state index contributed by atoms with van der Waals surface area (Å²) < 4.78 is 10.7. The molecule has 6 N–H and O–H groups in total. The molecular weight excluding hydrogens is 388 g/mol. The maximum Gasteiger partial charge on any atom is 0.408 e. The van der Waals surface area contributed by atoms with E-state index in [1.165, 1.54) is 0 Å². The topological polar surface area (TPSA) is 146 Å². The first-order valence-corrected chi connectivity index (χ1v) is 10.7. The van der Waals surface area contributed by atoms with Crippen LogP contribution in [-0.4, -0.2) is 54.3 Å². The number of carbonyl (C=O) groups is 3. The van der Waals surface area contributed by atoms with Crippen LogP contribution in [0.3, 0.4) is 0 Å². The molecule has 9 heteroatoms. The zero-order valence-electron chi connectivity index (χ0n) is 19.5. The van der Waals surface area contributed by atoms with E-state index in [1.54, 1.807) is 41.5 Å². The van der Waals surface area contributed by atoms with Crippen molar-refractivity contribution < 1.29 is 23.9 Å². The number of hydrogen-bond donors (Lipinski definition) is 4. The lowest BCUT2D eigenvalue weighted by molar-refractivity contribution is -0.159. The number of hydrogen-bond acceptors (Lipinski definition) is 7. The van der Waals surface area contributed by atoms with Crippen LogP contribution in [0.1, 0.15) is 80.1 Å². The van der Waals surface area contributed by atoms with Gasteiger partial charge in [-0.1, -0.05) is 0 Å². The van der Waals surface area contributed by atoms with Crippen LogP contribution in [0.4, 0.5) is 4.79 Å². The van der Waals surface area contributed by atoms with Gasteiger partial charge >= 0.3 is 12.1 Å². The van der Waals surface area contributed by atoms with E-state index in [2.05, 4.69) is 10.6 Å². The van der Waals surface area contributed by atoms with E-state index in [9.17, 15) is 14.4 Å². The molecule has 0 aliphatic heterocycles. The summed E-state index contributed by atoms with van der Waals surface area (Å²) in [5.41, 5.74) is 9.71. The van der Waals surface area contributed by atoms with Crippen molar-refractivity contribution in [3.8, 4) is 0 Å². The lowest BCUT2D eigenvalue weighted by Gasteiger charge is -2.27. The smallest absolute Gasteiger partial charge is 0.408 e. The van der Waals surface area contributed by atoms with Crippen molar-refractivity contribution in [1.82, 2.24) is 10.6 Å². The minimum Gasteiger partial charge on any atom is -0.458 e. The largest absolute Gasteiger partial charge is 0.458 e. The minimum atomic E-state index is -0.842. The lowest BCUT2D eigenvalue weighted by atomic mass is 10.1. The fraction of sp³-hybridized carbons (Fsp3) is 0.857. The number of esters is 1. The van der Waals surface area contributed by atoms with Gasteiger partial charge in [-0.25, -0.2) is 9.59 Å². The van der Waals surface area contributed by atoms with Crippen molar-refractivity contribution in [3.05, 3.63) is 0 Å². The second-order valence-electron chi connectivity index (χ2n) is 9.36. The van der Waals surface area contributed by atoms with Crippen molar-refractivity contribution in [3.63, 3.8) is 0 Å². The Hall–Kier alpha value is -1.87. The molecule has 9 nitrogen and oxygen atoms in total. The van der Waals surface area contributed by atoms with Crippen molar-refractivity contribution >= 4 is 18.0 Å². The molecule has 2 atom stereocenters. The summed E-state index contributed by atoms with van der Waals surface area (Å²) in [6.07, 6.45) is 2.85. The highest BCUT2D eigenvalue weighted by Gasteiger charge is 2.30. The minimum absolute atomic E-state index is 0.381. The number of nitrogens with two attached hydrogens (primary N) is 2. The third kappa shape index (κ3) is 14.2. The summed E-state index contributed by atoms with van der Waals surface area (Å²) in [4.78, 5) is 37.7. The Morgan fingerprint density at radius 3 is 1.63 bits per heavy atom. The van der Waals surface area contributed by atoms with Gasteiger partial charge in [0, 0.05) is 0 Å². The van der Waals surface area contributed by atoms with Crippen LogP contribution in [-0.2, 0) is 19.1 Å². The van der Waals surface area contributed by atoms with Crippen LogP contribution >= 0.6 is 0 Å². The number of rotatable bonds is 12. The maximum absolute atomic E-state index is 12.9. The van der Waals surface area contributed by atoms with Gasteiger partial charge in [-0.3, -0.25) is 4.79 Å². The maximum atomic E-state index is 12.9. The third-order valence-corrected chi connectivity index (χ3v) is 3.91. The quantitative estimate of drug-likeness (QED) is 0.273. The number of nitrogens with one attached hydrogen (secondary N) is 2. The average Bonchev–Trinajstić information content (AvgIpc) is 2.57. The molecule has 0 spiro atoms. The Morgan fingerprint density at radius 2 is 1.20 bits per heavy atom. The molecule has 0 radical (unpaired) electrons. The number of amides is 2. The molecule has 30 heavy (non-hydrogen) atoms. The molecule has 0 heterocycles. The van der Waals surface area contributed by atoms with Gasteiger partial charge in [0.05, 0.1) is 0 Å². The van der Waals surface area contributed by atoms with Gasteiger partial charge in [-0.2, -0.15) is 0 Å². The summed E-state index contributed by atoms with van der Waals surface area (Å²) in [5.74, 6) is -0.965. The second-order valence-corrected chi connectivity index (χ2v) is 9.36. The van der Waals surface area contributed by atoms with Crippen LogP contribution < -0.4 is 22.1 Å². The Balaban J connectivity index is 5.25. The van der Waals surface area contributed by atoms with E-state index in [-0.39, 0.29) is 0 Å². The Bertz CT molecular complexity index is 540. The van der Waals surface area contributed by atoms with Gasteiger partial charge in [0.15, 0.2) is 0 Å². The van der Waals surface area contributed by atoms with Crippen LogP contribution in [0.15, 0.2) is 0 Å². The summed E-state index contributed by atoms with van der Waals surface area (Å²) in [5, 5.41) is 5.34. The van der Waals surface area contributed by atoms with Crippen molar-refractivity contribution in [2.75, 3.05) is 13.1 Å². The molecule has 176 valence electrons. The molecule has 0 aromatic heterocycles. The number of alkyl carbamates (subject to hydrolysis) is 1. The molecule has 0 saturated carbocycles. The van der Waals surface area contributed by atoms with Gasteiger partial charge in [-0.05, 0) is 93.2 Å². The molecule has 2 amide bonds. The standard InChI is InChI=1S/C21H42N4O5/c1-20(2,3)29-18(27)16(12-8-10-14-23)24-17(26)15(11-7-9-13-22)25-19(28)30-21(4,5)6/h15-16H,7-14,22-23H2,1-6H3,(H,24,26)(H,25,28). The van der Waals surface area contributed by atoms with E-state index in [1.807, 2.05) is 0 Å². The molecular formula is C21H42N4O5. The molecule has 2 unspecified atom stereocenters.